The summed E-state index contributed by atoms with van der Waals surface area (Å²) in [6.45, 7) is 3.87. The lowest BCUT2D eigenvalue weighted by molar-refractivity contribution is 0.731. The van der Waals surface area contributed by atoms with Gasteiger partial charge in [0.2, 0.25) is 5.28 Å². The molecule has 0 radical (unpaired) electrons. The predicted octanol–water partition coefficient (Wildman–Crippen LogP) is 2.80. The number of hydrogen-bond donors (Lipinski definition) is 0. The van der Waals surface area contributed by atoms with Crippen LogP contribution >= 0.6 is 23.2 Å². The van der Waals surface area contributed by atoms with Crippen LogP contribution < -0.4 is 0 Å². The van der Waals surface area contributed by atoms with Gasteiger partial charge in [0.05, 0.1) is 22.6 Å². The average molecular weight is 257 g/mol. The van der Waals surface area contributed by atoms with Crippen LogP contribution in [0.25, 0.3) is 11.3 Å². The Hall–Kier alpha value is -1.13. The SMILES string of the molecule is Cc1nn(C)c(C)c1-c1nc(Cl)ncc1Cl. The molecule has 2 aromatic rings. The Morgan fingerprint density at radius 3 is 2.50 bits per heavy atom. The Bertz CT molecular complexity index is 548. The minimum Gasteiger partial charge on any atom is -0.272 e. The molecule has 4 nitrogen and oxygen atoms in total. The third-order valence-corrected chi connectivity index (χ3v) is 2.92. The highest BCUT2D eigenvalue weighted by atomic mass is 35.5. The molecule has 6 heteroatoms. The van der Waals surface area contributed by atoms with Crippen molar-refractivity contribution >= 4 is 23.2 Å². The van der Waals surface area contributed by atoms with Crippen LogP contribution in [-0.2, 0) is 7.05 Å². The van der Waals surface area contributed by atoms with E-state index in [1.165, 1.54) is 6.20 Å². The fraction of sp³-hybridized carbons (Fsp3) is 0.300. The number of hydrogen-bond acceptors (Lipinski definition) is 3. The van der Waals surface area contributed by atoms with Crippen LogP contribution in [0.5, 0.6) is 0 Å². The maximum Gasteiger partial charge on any atom is 0.222 e. The lowest BCUT2D eigenvalue weighted by atomic mass is 10.1. The molecule has 2 heterocycles. The maximum atomic E-state index is 6.06. The molecule has 2 aromatic heterocycles. The lowest BCUT2D eigenvalue weighted by Gasteiger charge is -2.03. The highest BCUT2D eigenvalue weighted by Crippen LogP contribution is 2.30. The van der Waals surface area contributed by atoms with Gasteiger partial charge in [0.1, 0.15) is 0 Å². The van der Waals surface area contributed by atoms with Gasteiger partial charge < -0.3 is 0 Å². The Balaban J connectivity index is 2.71. The second-order valence-corrected chi connectivity index (χ2v) is 4.25. The zero-order valence-electron chi connectivity index (χ0n) is 9.12. The first kappa shape index (κ1) is 11.4. The molecular weight excluding hydrogens is 247 g/mol. The number of rotatable bonds is 1. The highest BCUT2D eigenvalue weighted by molar-refractivity contribution is 6.33. The Kier molecular flexibility index (Phi) is 2.86. The van der Waals surface area contributed by atoms with Crippen molar-refractivity contribution < 1.29 is 0 Å². The molecule has 0 fully saturated rings. The minimum absolute atomic E-state index is 0.182. The number of halogens is 2. The normalized spacial score (nSPS) is 10.8. The van der Waals surface area contributed by atoms with E-state index in [-0.39, 0.29) is 5.28 Å². The molecule has 0 saturated heterocycles. The molecule has 16 heavy (non-hydrogen) atoms. The Morgan fingerprint density at radius 1 is 1.25 bits per heavy atom. The molecule has 0 aliphatic heterocycles. The number of aryl methyl sites for hydroxylation is 2. The van der Waals surface area contributed by atoms with Crippen LogP contribution in [0.2, 0.25) is 10.3 Å². The van der Waals surface area contributed by atoms with E-state index in [4.69, 9.17) is 23.2 Å². The van der Waals surface area contributed by atoms with Gasteiger partial charge >= 0.3 is 0 Å². The summed E-state index contributed by atoms with van der Waals surface area (Å²) in [4.78, 5) is 7.97. The fourth-order valence-corrected chi connectivity index (χ4v) is 1.96. The standard InChI is InChI=1S/C10H10Cl2N4/c1-5-8(6(2)16(3)15-5)9-7(11)4-13-10(12)14-9/h4H,1-3H3. The van der Waals surface area contributed by atoms with Gasteiger partial charge in [-0.15, -0.1) is 0 Å². The van der Waals surface area contributed by atoms with Gasteiger partial charge in [0, 0.05) is 18.3 Å². The van der Waals surface area contributed by atoms with Gasteiger partial charge in [-0.1, -0.05) is 11.6 Å². The molecule has 84 valence electrons. The van der Waals surface area contributed by atoms with Crippen molar-refractivity contribution in [2.45, 2.75) is 13.8 Å². The van der Waals surface area contributed by atoms with Crippen molar-refractivity contribution in [2.24, 2.45) is 7.05 Å². The van der Waals surface area contributed by atoms with Gasteiger partial charge in [0.25, 0.3) is 0 Å². The summed E-state index contributed by atoms with van der Waals surface area (Å²) in [5.41, 5.74) is 3.41. The average Bonchev–Trinajstić information content (AvgIpc) is 2.46. The van der Waals surface area contributed by atoms with Gasteiger partial charge in [-0.3, -0.25) is 4.68 Å². The summed E-state index contributed by atoms with van der Waals surface area (Å²) in [5.74, 6) is 0. The van der Waals surface area contributed by atoms with Crippen molar-refractivity contribution in [3.05, 3.63) is 27.9 Å². The van der Waals surface area contributed by atoms with Crippen molar-refractivity contribution in [3.63, 3.8) is 0 Å². The third-order valence-electron chi connectivity index (χ3n) is 2.46. The second-order valence-electron chi connectivity index (χ2n) is 3.51. The van der Waals surface area contributed by atoms with Gasteiger partial charge in [-0.25, -0.2) is 9.97 Å². The van der Waals surface area contributed by atoms with E-state index in [1.54, 1.807) is 4.68 Å². The summed E-state index contributed by atoms with van der Waals surface area (Å²) in [6, 6.07) is 0. The molecule has 0 saturated carbocycles. The quantitative estimate of drug-likeness (QED) is 0.738. The first-order chi connectivity index (χ1) is 7.50. The van der Waals surface area contributed by atoms with E-state index >= 15 is 0 Å². The van der Waals surface area contributed by atoms with Gasteiger partial charge in [-0.05, 0) is 25.4 Å². The van der Waals surface area contributed by atoms with Gasteiger partial charge in [-0.2, -0.15) is 5.10 Å². The molecule has 0 aromatic carbocycles. The van der Waals surface area contributed by atoms with Crippen molar-refractivity contribution in [1.29, 1.82) is 0 Å². The van der Waals surface area contributed by atoms with E-state index < -0.39 is 0 Å². The molecule has 0 atom stereocenters. The fourth-order valence-electron chi connectivity index (χ4n) is 1.64. The third kappa shape index (κ3) is 1.79. The molecule has 0 bridgehead atoms. The number of nitrogens with zero attached hydrogens (tertiary/aromatic N) is 4. The molecular formula is C10H10Cl2N4. The van der Waals surface area contributed by atoms with Crippen molar-refractivity contribution in [2.75, 3.05) is 0 Å². The second kappa shape index (κ2) is 4.03. The molecule has 2 rings (SSSR count). The van der Waals surface area contributed by atoms with Crippen LogP contribution in [0.15, 0.2) is 6.20 Å². The first-order valence-electron chi connectivity index (χ1n) is 4.69. The predicted molar refractivity (Wildman–Crippen MR) is 63.7 cm³/mol. The minimum atomic E-state index is 0.182. The van der Waals surface area contributed by atoms with Crippen LogP contribution in [0.3, 0.4) is 0 Å². The van der Waals surface area contributed by atoms with Crippen LogP contribution in [0.4, 0.5) is 0 Å². The molecule has 0 spiro atoms. The van der Waals surface area contributed by atoms with Crippen molar-refractivity contribution in [1.82, 2.24) is 19.7 Å². The Labute approximate surface area is 103 Å². The van der Waals surface area contributed by atoms with Gasteiger partial charge in [0.15, 0.2) is 0 Å². The lowest BCUT2D eigenvalue weighted by Crippen LogP contribution is -1.94. The summed E-state index contributed by atoms with van der Waals surface area (Å²) >= 11 is 11.8. The number of aromatic nitrogens is 4. The zero-order chi connectivity index (χ0) is 11.9. The molecule has 0 aliphatic carbocycles. The topological polar surface area (TPSA) is 43.6 Å². The smallest absolute Gasteiger partial charge is 0.222 e. The zero-order valence-corrected chi connectivity index (χ0v) is 10.6. The summed E-state index contributed by atoms with van der Waals surface area (Å²) in [6.07, 6.45) is 1.50. The van der Waals surface area contributed by atoms with Crippen LogP contribution in [0.1, 0.15) is 11.4 Å². The Morgan fingerprint density at radius 2 is 1.94 bits per heavy atom. The summed E-state index contributed by atoms with van der Waals surface area (Å²) in [5, 5.41) is 4.97. The molecule has 0 N–H and O–H groups in total. The van der Waals surface area contributed by atoms with Crippen molar-refractivity contribution in [3.8, 4) is 11.3 Å². The van der Waals surface area contributed by atoms with E-state index in [0.717, 1.165) is 17.0 Å². The monoisotopic (exact) mass is 256 g/mol. The highest BCUT2D eigenvalue weighted by Gasteiger charge is 2.16. The first-order valence-corrected chi connectivity index (χ1v) is 5.45. The van der Waals surface area contributed by atoms with E-state index in [1.807, 2.05) is 20.9 Å². The largest absolute Gasteiger partial charge is 0.272 e. The van der Waals surface area contributed by atoms with Crippen LogP contribution in [-0.4, -0.2) is 19.7 Å². The molecule has 0 amide bonds. The molecule has 0 aliphatic rings. The summed E-state index contributed by atoms with van der Waals surface area (Å²) in [7, 11) is 1.88. The summed E-state index contributed by atoms with van der Waals surface area (Å²) < 4.78 is 1.79. The van der Waals surface area contributed by atoms with E-state index in [0.29, 0.717) is 10.7 Å². The van der Waals surface area contributed by atoms with E-state index in [2.05, 4.69) is 15.1 Å². The van der Waals surface area contributed by atoms with E-state index in [9.17, 15) is 0 Å². The van der Waals surface area contributed by atoms with Crippen LogP contribution in [0, 0.1) is 13.8 Å². The maximum absolute atomic E-state index is 6.06. The molecule has 0 unspecified atom stereocenters.